The van der Waals surface area contributed by atoms with Gasteiger partial charge in [-0.1, -0.05) is 0 Å². The highest BCUT2D eigenvalue weighted by Crippen LogP contribution is 2.17. The molecule has 0 aromatic carbocycles. The van der Waals surface area contributed by atoms with Crippen LogP contribution in [0.4, 0.5) is 0 Å². The number of carbonyl (C=O) groups excluding carboxylic acids is 1. The Hall–Kier alpha value is -1.56. The van der Waals surface area contributed by atoms with Gasteiger partial charge in [0.2, 0.25) is 0 Å². The lowest BCUT2D eigenvalue weighted by molar-refractivity contribution is -0.114. The van der Waals surface area contributed by atoms with Crippen LogP contribution in [0.15, 0.2) is 11.4 Å². The number of hydrogen-bond acceptors (Lipinski definition) is 5. The lowest BCUT2D eigenvalue weighted by Gasteiger charge is -2.27. The summed E-state index contributed by atoms with van der Waals surface area (Å²) in [6.45, 7) is 0. The highest BCUT2D eigenvalue weighted by atomic mass is 16.1. The van der Waals surface area contributed by atoms with Crippen LogP contribution in [-0.4, -0.2) is 24.2 Å². The minimum Gasteiger partial charge on any atom is -0.385 e. The molecule has 0 bridgehead atoms. The fraction of sp³-hybridized carbons (Fsp3) is 0.600. The summed E-state index contributed by atoms with van der Waals surface area (Å²) in [5, 5.41) is 10.1. The van der Waals surface area contributed by atoms with Crippen molar-refractivity contribution in [2.24, 2.45) is 17.2 Å². The van der Waals surface area contributed by atoms with Crippen molar-refractivity contribution < 1.29 is 4.79 Å². The van der Waals surface area contributed by atoms with E-state index in [1.165, 1.54) is 0 Å². The lowest BCUT2D eigenvalue weighted by atomic mass is 9.92. The van der Waals surface area contributed by atoms with Crippen molar-refractivity contribution in [3.8, 4) is 0 Å². The molecule has 0 spiro atoms. The molecule has 0 radical (unpaired) electrons. The molecule has 0 saturated heterocycles. The Bertz CT molecular complexity index is 304. The SMILES string of the molecule is N=C/C(C(N)=O)=C(\N)NC1CCC(N)CC1. The molecule has 16 heavy (non-hydrogen) atoms. The number of primary amides is 1. The molecule has 90 valence electrons. The summed E-state index contributed by atoms with van der Waals surface area (Å²) in [4.78, 5) is 10.9. The van der Waals surface area contributed by atoms with Crippen LogP contribution in [0.3, 0.4) is 0 Å². The van der Waals surface area contributed by atoms with Crippen LogP contribution in [0.5, 0.6) is 0 Å². The number of hydrogen-bond donors (Lipinski definition) is 5. The van der Waals surface area contributed by atoms with Crippen molar-refractivity contribution in [3.05, 3.63) is 11.4 Å². The maximum atomic E-state index is 10.9. The second-order valence-electron chi connectivity index (χ2n) is 4.09. The van der Waals surface area contributed by atoms with Gasteiger partial charge in [-0.05, 0) is 25.7 Å². The summed E-state index contributed by atoms with van der Waals surface area (Å²) < 4.78 is 0. The molecular weight excluding hydrogens is 206 g/mol. The molecule has 0 aromatic rings. The van der Waals surface area contributed by atoms with Gasteiger partial charge in [-0.3, -0.25) is 4.79 Å². The number of rotatable bonds is 4. The Morgan fingerprint density at radius 2 is 1.81 bits per heavy atom. The van der Waals surface area contributed by atoms with Crippen LogP contribution < -0.4 is 22.5 Å². The molecule has 0 unspecified atom stereocenters. The first-order chi connectivity index (χ1) is 7.54. The molecule has 1 aliphatic carbocycles. The van der Waals surface area contributed by atoms with E-state index >= 15 is 0 Å². The lowest BCUT2D eigenvalue weighted by Crippen LogP contribution is -2.40. The predicted octanol–water partition coefficient (Wildman–Crippen LogP) is -0.849. The van der Waals surface area contributed by atoms with E-state index in [2.05, 4.69) is 5.32 Å². The number of amides is 1. The minimum absolute atomic E-state index is 0.0230. The normalized spacial score (nSPS) is 26.8. The van der Waals surface area contributed by atoms with Gasteiger partial charge in [-0.15, -0.1) is 0 Å². The highest BCUT2D eigenvalue weighted by molar-refractivity contribution is 6.11. The molecular formula is C10H19N5O. The zero-order valence-electron chi connectivity index (χ0n) is 9.20. The van der Waals surface area contributed by atoms with Gasteiger partial charge in [0.15, 0.2) is 0 Å². The van der Waals surface area contributed by atoms with E-state index in [-0.39, 0.29) is 23.5 Å². The monoisotopic (exact) mass is 225 g/mol. The first kappa shape index (κ1) is 12.5. The summed E-state index contributed by atoms with van der Waals surface area (Å²) in [6.07, 6.45) is 4.61. The summed E-state index contributed by atoms with van der Waals surface area (Å²) >= 11 is 0. The third-order valence-electron chi connectivity index (χ3n) is 2.83. The third kappa shape index (κ3) is 3.23. The average Bonchev–Trinajstić information content (AvgIpc) is 2.22. The minimum atomic E-state index is -0.687. The Balaban J connectivity index is 2.59. The van der Waals surface area contributed by atoms with Crippen LogP contribution in [-0.2, 0) is 4.79 Å². The fourth-order valence-corrected chi connectivity index (χ4v) is 1.84. The molecule has 1 amide bonds. The van der Waals surface area contributed by atoms with Gasteiger partial charge in [0.25, 0.3) is 5.91 Å². The van der Waals surface area contributed by atoms with Crippen molar-refractivity contribution in [3.63, 3.8) is 0 Å². The second kappa shape index (κ2) is 5.50. The average molecular weight is 225 g/mol. The molecule has 1 aliphatic rings. The van der Waals surface area contributed by atoms with Gasteiger partial charge in [0, 0.05) is 18.3 Å². The quantitative estimate of drug-likeness (QED) is 0.315. The molecule has 1 saturated carbocycles. The van der Waals surface area contributed by atoms with E-state index in [4.69, 9.17) is 22.6 Å². The van der Waals surface area contributed by atoms with Crippen LogP contribution in [0.25, 0.3) is 0 Å². The van der Waals surface area contributed by atoms with Crippen LogP contribution in [0, 0.1) is 5.41 Å². The largest absolute Gasteiger partial charge is 0.385 e. The summed E-state index contributed by atoms with van der Waals surface area (Å²) in [5.41, 5.74) is 16.6. The predicted molar refractivity (Wildman–Crippen MR) is 62.6 cm³/mol. The Morgan fingerprint density at radius 3 is 2.25 bits per heavy atom. The van der Waals surface area contributed by atoms with Crippen LogP contribution in [0.2, 0.25) is 0 Å². The van der Waals surface area contributed by atoms with Crippen molar-refractivity contribution in [1.29, 1.82) is 5.41 Å². The van der Waals surface area contributed by atoms with Gasteiger partial charge in [-0.2, -0.15) is 0 Å². The highest BCUT2D eigenvalue weighted by Gasteiger charge is 2.19. The Kier molecular flexibility index (Phi) is 4.30. The molecule has 0 atom stereocenters. The van der Waals surface area contributed by atoms with Gasteiger partial charge < -0.3 is 27.9 Å². The zero-order valence-corrected chi connectivity index (χ0v) is 9.20. The van der Waals surface area contributed by atoms with Crippen molar-refractivity contribution in [2.75, 3.05) is 0 Å². The van der Waals surface area contributed by atoms with Gasteiger partial charge >= 0.3 is 0 Å². The number of nitrogens with two attached hydrogens (primary N) is 3. The van der Waals surface area contributed by atoms with Crippen molar-refractivity contribution in [2.45, 2.75) is 37.8 Å². The molecule has 1 fully saturated rings. The van der Waals surface area contributed by atoms with Crippen LogP contribution in [0.1, 0.15) is 25.7 Å². The molecule has 8 N–H and O–H groups in total. The zero-order chi connectivity index (χ0) is 12.1. The smallest absolute Gasteiger partial charge is 0.253 e. The van der Waals surface area contributed by atoms with E-state index in [0.29, 0.717) is 0 Å². The van der Waals surface area contributed by atoms with Crippen LogP contribution >= 0.6 is 0 Å². The topological polar surface area (TPSA) is 131 Å². The third-order valence-corrected chi connectivity index (χ3v) is 2.83. The van der Waals surface area contributed by atoms with Gasteiger partial charge in [0.05, 0.1) is 5.57 Å². The molecule has 1 rings (SSSR count). The first-order valence-electron chi connectivity index (χ1n) is 5.36. The molecule has 6 nitrogen and oxygen atoms in total. The molecule has 6 heteroatoms. The maximum absolute atomic E-state index is 10.9. The van der Waals surface area contributed by atoms with E-state index in [1.807, 2.05) is 0 Å². The number of nitrogens with one attached hydrogen (secondary N) is 2. The summed E-state index contributed by atoms with van der Waals surface area (Å²) in [7, 11) is 0. The molecule has 0 aliphatic heterocycles. The Labute approximate surface area is 94.7 Å². The second-order valence-corrected chi connectivity index (χ2v) is 4.09. The van der Waals surface area contributed by atoms with E-state index in [1.54, 1.807) is 0 Å². The maximum Gasteiger partial charge on any atom is 0.253 e. The number of carbonyl (C=O) groups is 1. The van der Waals surface area contributed by atoms with E-state index in [9.17, 15) is 4.79 Å². The molecule has 0 aromatic heterocycles. The standard InChI is InChI=1S/C10H19N5O/c11-5-8(10(14)16)9(13)15-7-3-1-6(12)2-4-7/h5-7,11,15H,1-4,12-13H2,(H2,14,16)/b9-8-,11-5?. The summed E-state index contributed by atoms with van der Waals surface area (Å²) in [6, 6.07) is 0.482. The first-order valence-corrected chi connectivity index (χ1v) is 5.36. The summed E-state index contributed by atoms with van der Waals surface area (Å²) in [5.74, 6) is -0.504. The van der Waals surface area contributed by atoms with Gasteiger partial charge in [-0.25, -0.2) is 0 Å². The fourth-order valence-electron chi connectivity index (χ4n) is 1.84. The van der Waals surface area contributed by atoms with E-state index in [0.717, 1.165) is 31.9 Å². The molecule has 0 heterocycles. The van der Waals surface area contributed by atoms with Crippen molar-refractivity contribution in [1.82, 2.24) is 5.32 Å². The van der Waals surface area contributed by atoms with E-state index < -0.39 is 5.91 Å². The Morgan fingerprint density at radius 1 is 1.25 bits per heavy atom. The van der Waals surface area contributed by atoms with Crippen molar-refractivity contribution >= 4 is 12.1 Å². The van der Waals surface area contributed by atoms with Gasteiger partial charge in [0.1, 0.15) is 5.82 Å².